The van der Waals surface area contributed by atoms with Gasteiger partial charge in [-0.1, -0.05) is 61.5 Å². The largest absolute Gasteiger partial charge is 0.480 e. The molecule has 1 unspecified atom stereocenters. The minimum absolute atomic E-state index is 0.0896. The van der Waals surface area contributed by atoms with Crippen molar-refractivity contribution in [3.05, 3.63) is 0 Å². The number of nitrogens with two attached hydrogens (primary N) is 1. The van der Waals surface area contributed by atoms with Crippen LogP contribution in [0.4, 0.5) is 0 Å². The Bertz CT molecular complexity index is 303. The molecule has 1 atom stereocenters. The van der Waals surface area contributed by atoms with Gasteiger partial charge >= 0.3 is 5.97 Å². The lowest BCUT2D eigenvalue weighted by atomic mass is 9.27. The average Bonchev–Trinajstić information content (AvgIpc) is 2.71. The zero-order valence-corrected chi connectivity index (χ0v) is 21.0. The van der Waals surface area contributed by atoms with Gasteiger partial charge in [0, 0.05) is 31.2 Å². The molecule has 0 aromatic heterocycles. The second-order valence-corrected chi connectivity index (χ2v) is 9.30. The molecule has 6 nitrogen and oxygen atoms in total. The van der Waals surface area contributed by atoms with Crippen LogP contribution in [0.25, 0.3) is 0 Å². The molecule has 0 aliphatic heterocycles. The summed E-state index contributed by atoms with van der Waals surface area (Å²) in [5, 5.41) is 23.3. The summed E-state index contributed by atoms with van der Waals surface area (Å²) in [6.07, 6.45) is 6.49. The fourth-order valence-corrected chi connectivity index (χ4v) is 3.82. The first kappa shape index (κ1) is 33.8. The Morgan fingerprint density at radius 3 is 2.24 bits per heavy atom. The average molecular weight is 449 g/mol. The van der Waals surface area contributed by atoms with E-state index in [-0.39, 0.29) is 13.0 Å². The monoisotopic (exact) mass is 449 g/mol. The second-order valence-electron chi connectivity index (χ2n) is 6.60. The lowest BCUT2D eigenvalue weighted by Crippen LogP contribution is -2.37. The third-order valence-electron chi connectivity index (χ3n) is 3.67. The zero-order chi connectivity index (χ0) is 22.6. The van der Waals surface area contributed by atoms with Crippen molar-refractivity contribution in [2.45, 2.75) is 65.2 Å². The molecule has 0 rings (SSSR count). The highest BCUT2D eigenvalue weighted by Crippen LogP contribution is 2.18. The van der Waals surface area contributed by atoms with E-state index in [4.69, 9.17) is 15.9 Å². The van der Waals surface area contributed by atoms with E-state index in [1.807, 2.05) is 28.5 Å². The van der Waals surface area contributed by atoms with Crippen LogP contribution in [-0.2, 0) is 4.79 Å². The molecule has 0 saturated heterocycles. The van der Waals surface area contributed by atoms with Crippen LogP contribution < -0.4 is 16.4 Å². The van der Waals surface area contributed by atoms with Crippen molar-refractivity contribution in [3.63, 3.8) is 0 Å². The Kier molecular flexibility index (Phi) is 38.3. The number of aliphatic hydroxyl groups excluding tert-OH is 1. The van der Waals surface area contributed by atoms with Crippen molar-refractivity contribution >= 4 is 49.5 Å². The predicted molar refractivity (Wildman–Crippen MR) is 141 cm³/mol. The second kappa shape index (κ2) is 32.9. The number of carbonyl (C=O) groups is 1. The van der Waals surface area contributed by atoms with E-state index >= 15 is 0 Å². The molecule has 29 heavy (non-hydrogen) atoms. The maximum atomic E-state index is 10.4. The molecule has 0 fully saturated rings. The molecule has 0 bridgehead atoms. The topological polar surface area (TPSA) is 108 Å². The smallest absolute Gasteiger partial charge is 0.320 e. The van der Waals surface area contributed by atoms with Gasteiger partial charge in [-0.3, -0.25) is 4.79 Å². The van der Waals surface area contributed by atoms with Crippen molar-refractivity contribution in [2.24, 2.45) is 5.73 Å². The summed E-state index contributed by atoms with van der Waals surface area (Å²) in [6, 6.07) is -0.597. The Morgan fingerprint density at radius 1 is 1.10 bits per heavy atom. The predicted octanol–water partition coefficient (Wildman–Crippen LogP) is 0.689. The maximum Gasteiger partial charge on any atom is 0.320 e. The number of unbranched alkanes of at least 4 members (excludes halogenated alkanes) is 2. The van der Waals surface area contributed by atoms with Crippen LogP contribution in [0, 0.1) is 0 Å². The minimum Gasteiger partial charge on any atom is -0.480 e. The van der Waals surface area contributed by atoms with E-state index in [1.165, 1.54) is 52.1 Å². The van der Waals surface area contributed by atoms with Crippen LogP contribution in [0.2, 0.25) is 6.32 Å². The molecular weight excluding hydrogens is 403 g/mol. The van der Waals surface area contributed by atoms with Gasteiger partial charge in [0.2, 0.25) is 0 Å². The van der Waals surface area contributed by atoms with Gasteiger partial charge in [0.05, 0.1) is 22.0 Å². The summed E-state index contributed by atoms with van der Waals surface area (Å²) in [6.45, 7) is 10.1. The summed E-state index contributed by atoms with van der Waals surface area (Å²) in [5.74, 6) is 1.37. The number of aliphatic carboxylic acids is 1. The molecule has 0 aromatic rings. The molecular formula is C18H46B3N3O3S2. The molecule has 0 amide bonds. The van der Waals surface area contributed by atoms with E-state index in [0.717, 1.165) is 25.3 Å². The van der Waals surface area contributed by atoms with E-state index in [2.05, 4.69) is 32.2 Å². The minimum atomic E-state index is -0.896. The first-order chi connectivity index (χ1) is 14.0. The zero-order valence-electron chi connectivity index (χ0n) is 19.4. The van der Waals surface area contributed by atoms with Crippen molar-refractivity contribution < 1.29 is 15.0 Å². The number of carboxylic acids is 1. The molecule has 11 heteroatoms. The van der Waals surface area contributed by atoms with Gasteiger partial charge in [-0.25, -0.2) is 0 Å². The molecule has 0 aliphatic rings. The number of hydrogen-bond acceptors (Lipinski definition) is 7. The quantitative estimate of drug-likeness (QED) is 0.118. The Hall–Kier alpha value is 0.205. The fraction of sp³-hybridized carbons (Fsp3) is 0.944. The number of hydrogen-bond donors (Lipinski definition) is 5. The summed E-state index contributed by atoms with van der Waals surface area (Å²) < 4.78 is 0. The maximum absolute atomic E-state index is 10.4. The molecule has 0 radical (unpaired) electrons. The van der Waals surface area contributed by atoms with Crippen LogP contribution in [0.15, 0.2) is 0 Å². The number of rotatable bonds is 18. The van der Waals surface area contributed by atoms with Gasteiger partial charge in [0.1, 0.15) is 6.04 Å². The van der Waals surface area contributed by atoms with Crippen LogP contribution in [0.3, 0.4) is 0 Å². The molecule has 0 spiro atoms. The van der Waals surface area contributed by atoms with Gasteiger partial charge in [-0.15, -0.1) is 0 Å². The number of nitrogens with one attached hydrogen (secondary N) is 2. The third-order valence-corrected chi connectivity index (χ3v) is 6.11. The van der Waals surface area contributed by atoms with E-state index in [1.54, 1.807) is 0 Å². The molecule has 0 saturated carbocycles. The summed E-state index contributed by atoms with van der Waals surface area (Å²) in [7, 11) is 8.73. The van der Waals surface area contributed by atoms with Crippen LogP contribution in [0.1, 0.15) is 52.9 Å². The Morgan fingerprint density at radius 2 is 1.79 bits per heavy atom. The third kappa shape index (κ3) is 36.0. The van der Waals surface area contributed by atoms with Gasteiger partial charge < -0.3 is 26.6 Å². The van der Waals surface area contributed by atoms with Gasteiger partial charge in [0.25, 0.3) is 0 Å². The van der Waals surface area contributed by atoms with Crippen molar-refractivity contribution in [3.8, 4) is 0 Å². The van der Waals surface area contributed by atoms with E-state index < -0.39 is 12.0 Å². The molecule has 172 valence electrons. The Balaban J connectivity index is -0.000000383. The highest BCUT2D eigenvalue weighted by Gasteiger charge is 2.14. The molecule has 0 aromatic carbocycles. The van der Waals surface area contributed by atoms with Gasteiger partial charge in [-0.2, -0.15) is 0 Å². The first-order valence-electron chi connectivity index (χ1n) is 11.3. The molecule has 6 N–H and O–H groups in total. The van der Waals surface area contributed by atoms with Gasteiger partial charge in [0.15, 0.2) is 0 Å². The number of carboxylic acid groups (broad SMARTS) is 1. The first-order valence-corrected chi connectivity index (χ1v) is 13.8. The van der Waals surface area contributed by atoms with Crippen LogP contribution in [0.5, 0.6) is 0 Å². The van der Waals surface area contributed by atoms with Crippen molar-refractivity contribution in [1.29, 1.82) is 0 Å². The lowest BCUT2D eigenvalue weighted by molar-refractivity contribution is -0.139. The fourth-order valence-electron chi connectivity index (χ4n) is 2.02. The molecule has 0 heterocycles. The van der Waals surface area contributed by atoms with E-state index in [9.17, 15) is 4.79 Å². The summed E-state index contributed by atoms with van der Waals surface area (Å²) >= 11 is 0. The highest BCUT2D eigenvalue weighted by atomic mass is 33.1. The highest BCUT2D eigenvalue weighted by molar-refractivity contribution is 8.76. The molecule has 0 aliphatic carbocycles. The van der Waals surface area contributed by atoms with Gasteiger partial charge in [-0.05, 0) is 32.4 Å². The van der Waals surface area contributed by atoms with Crippen LogP contribution in [-0.4, -0.2) is 88.5 Å². The SMILES string of the molecule is BBBCC.CCCCCNCCSSCCN.CCCNC(CCO)C(=O)O. The standard InChI is InChI=1S/C9H22N2S2.C7H15NO3.C2H9B3/c1-2-3-4-6-11-7-9-13-12-8-5-10;1-2-4-8-6(3-5-9)7(10)11;1-2-4-5-3/h11H,2-10H2,1H3;6,8-9H,2-5H2,1H3,(H,10,11);4-5H,2-3H2,1H3. The Labute approximate surface area is 190 Å². The van der Waals surface area contributed by atoms with E-state index in [0.29, 0.717) is 6.54 Å². The lowest BCUT2D eigenvalue weighted by Gasteiger charge is -2.11. The normalized spacial score (nSPS) is 10.8. The van der Waals surface area contributed by atoms with Crippen molar-refractivity contribution in [2.75, 3.05) is 44.3 Å². The summed E-state index contributed by atoms with van der Waals surface area (Å²) in [5.41, 5.74) is 5.37. The van der Waals surface area contributed by atoms with Crippen molar-refractivity contribution in [1.82, 2.24) is 10.6 Å². The van der Waals surface area contributed by atoms with Crippen LogP contribution >= 0.6 is 21.6 Å². The number of aliphatic hydroxyl groups is 1. The summed E-state index contributed by atoms with van der Waals surface area (Å²) in [4.78, 5) is 10.4.